The van der Waals surface area contributed by atoms with Crippen molar-refractivity contribution in [2.24, 2.45) is 5.92 Å². The molecule has 1 saturated heterocycles. The van der Waals surface area contributed by atoms with Gasteiger partial charge in [-0.3, -0.25) is 4.90 Å². The highest BCUT2D eigenvalue weighted by molar-refractivity contribution is 5.69. The minimum atomic E-state index is -0.774. The first-order valence-electron chi connectivity index (χ1n) is 10.2. The van der Waals surface area contributed by atoms with Crippen LogP contribution in [-0.4, -0.2) is 52.8 Å². The largest absolute Gasteiger partial charge is 0.475 e. The van der Waals surface area contributed by atoms with E-state index in [4.69, 9.17) is 14.2 Å². The molecule has 0 aromatic carbocycles. The van der Waals surface area contributed by atoms with Crippen LogP contribution in [-0.2, 0) is 27.1 Å². The molecule has 1 aromatic rings. The first kappa shape index (κ1) is 21.6. The maximum atomic E-state index is 12.8. The molecule has 0 saturated carbocycles. The molecule has 1 aliphatic heterocycles. The molecule has 7 nitrogen and oxygen atoms in total. The molecule has 7 heteroatoms. The zero-order chi connectivity index (χ0) is 21.6. The van der Waals surface area contributed by atoms with Crippen molar-refractivity contribution < 1.29 is 23.8 Å². The van der Waals surface area contributed by atoms with E-state index in [1.165, 1.54) is 0 Å². The zero-order valence-electron chi connectivity index (χ0n) is 18.5. The Kier molecular flexibility index (Phi) is 5.64. The van der Waals surface area contributed by atoms with E-state index < -0.39 is 17.4 Å². The Balaban J connectivity index is 1.76. The van der Waals surface area contributed by atoms with Crippen molar-refractivity contribution in [2.45, 2.75) is 78.7 Å². The van der Waals surface area contributed by atoms with E-state index in [0.29, 0.717) is 12.5 Å². The smallest absolute Gasteiger partial charge is 0.413 e. The molecule has 0 N–H and O–H groups in total. The van der Waals surface area contributed by atoms with Crippen molar-refractivity contribution >= 4 is 12.4 Å². The first-order chi connectivity index (χ1) is 13.4. The van der Waals surface area contributed by atoms with E-state index in [1.54, 1.807) is 4.90 Å². The quantitative estimate of drug-likeness (QED) is 0.716. The third-order valence-corrected chi connectivity index (χ3v) is 5.55. The van der Waals surface area contributed by atoms with Gasteiger partial charge in [0.25, 0.3) is 0 Å². The number of aromatic nitrogens is 1. The Labute approximate surface area is 172 Å². The number of pyridine rings is 1. The molecule has 1 unspecified atom stereocenters. The van der Waals surface area contributed by atoms with Crippen molar-refractivity contribution in [3.63, 3.8) is 0 Å². The van der Waals surface area contributed by atoms with Crippen LogP contribution in [0.25, 0.3) is 0 Å². The van der Waals surface area contributed by atoms with Crippen LogP contribution in [0.1, 0.15) is 57.0 Å². The van der Waals surface area contributed by atoms with Crippen LogP contribution in [0, 0.1) is 19.8 Å². The number of aryl methyl sites for hydroxylation is 1. The van der Waals surface area contributed by atoms with E-state index in [2.05, 4.69) is 4.98 Å². The second-order valence-corrected chi connectivity index (χ2v) is 9.46. The molecular weight excluding hydrogens is 372 g/mol. The Hall–Kier alpha value is -2.15. The van der Waals surface area contributed by atoms with E-state index in [-0.39, 0.29) is 18.6 Å². The molecule has 0 spiro atoms. The molecule has 0 bridgehead atoms. The molecule has 1 aliphatic carbocycles. The summed E-state index contributed by atoms with van der Waals surface area (Å²) in [6.07, 6.45) is 2.08. The number of fused-ring (bicyclic) bond motifs is 1. The monoisotopic (exact) mass is 404 g/mol. The average Bonchev–Trinajstić information content (AvgIpc) is 3.16. The van der Waals surface area contributed by atoms with Gasteiger partial charge in [0.2, 0.25) is 5.88 Å². The van der Waals surface area contributed by atoms with Crippen molar-refractivity contribution in [3.05, 3.63) is 22.4 Å². The lowest BCUT2D eigenvalue weighted by Gasteiger charge is -2.35. The SMILES string of the molecule is Cc1nc(OC[C@H]2COC(C)(C)N2C(=O)OC(C)(C)C)c(C)c2c1CC(C=O)C2. The van der Waals surface area contributed by atoms with Crippen LogP contribution in [0.5, 0.6) is 5.88 Å². The summed E-state index contributed by atoms with van der Waals surface area (Å²) >= 11 is 0. The van der Waals surface area contributed by atoms with Crippen molar-refractivity contribution in [3.8, 4) is 5.88 Å². The van der Waals surface area contributed by atoms with Gasteiger partial charge in [0, 0.05) is 17.2 Å². The van der Waals surface area contributed by atoms with E-state index in [0.717, 1.165) is 41.5 Å². The maximum absolute atomic E-state index is 12.8. The molecule has 0 radical (unpaired) electrons. The number of carbonyl (C=O) groups excluding carboxylic acids is 2. The number of carbonyl (C=O) groups is 2. The first-order valence-corrected chi connectivity index (χ1v) is 10.2. The normalized spacial score (nSPS) is 23.1. The molecular formula is C22H32N2O5. The van der Waals surface area contributed by atoms with Gasteiger partial charge in [-0.1, -0.05) is 0 Å². The Morgan fingerprint density at radius 2 is 1.93 bits per heavy atom. The van der Waals surface area contributed by atoms with Crippen molar-refractivity contribution in [1.29, 1.82) is 0 Å². The standard InChI is InChI=1S/C22H32N2O5/c1-13-17-8-15(10-25)9-18(17)14(2)23-19(13)27-11-16-12-28-22(6,7)24(16)20(26)29-21(3,4)5/h10,15-16H,8-9,11-12H2,1-7H3/t15?,16-/m0/s1. The zero-order valence-corrected chi connectivity index (χ0v) is 18.5. The highest BCUT2D eigenvalue weighted by atomic mass is 16.6. The summed E-state index contributed by atoms with van der Waals surface area (Å²) < 4.78 is 17.5. The molecule has 2 aliphatic rings. The average molecular weight is 405 g/mol. The third-order valence-electron chi connectivity index (χ3n) is 5.55. The predicted molar refractivity (Wildman–Crippen MR) is 108 cm³/mol. The van der Waals surface area contributed by atoms with Gasteiger partial charge in [-0.2, -0.15) is 0 Å². The van der Waals surface area contributed by atoms with E-state index in [1.807, 2.05) is 48.5 Å². The van der Waals surface area contributed by atoms with Gasteiger partial charge >= 0.3 is 6.09 Å². The van der Waals surface area contributed by atoms with Crippen LogP contribution >= 0.6 is 0 Å². The summed E-state index contributed by atoms with van der Waals surface area (Å²) in [6, 6.07) is -0.280. The summed E-state index contributed by atoms with van der Waals surface area (Å²) in [4.78, 5) is 30.2. The number of ether oxygens (including phenoxy) is 3. The van der Waals surface area contributed by atoms with Gasteiger partial charge in [0.05, 0.1) is 12.6 Å². The van der Waals surface area contributed by atoms with E-state index >= 15 is 0 Å². The fourth-order valence-corrected chi connectivity index (χ4v) is 4.12. The lowest BCUT2D eigenvalue weighted by atomic mass is 10.0. The lowest BCUT2D eigenvalue weighted by molar-refractivity contribution is -0.110. The third kappa shape index (κ3) is 4.39. The molecule has 1 fully saturated rings. The van der Waals surface area contributed by atoms with Crippen LogP contribution < -0.4 is 4.74 Å². The summed E-state index contributed by atoms with van der Waals surface area (Å²) in [7, 11) is 0. The predicted octanol–water partition coefficient (Wildman–Crippen LogP) is 3.36. The fraction of sp³-hybridized carbons (Fsp3) is 0.682. The Morgan fingerprint density at radius 3 is 2.55 bits per heavy atom. The van der Waals surface area contributed by atoms with Gasteiger partial charge in [-0.15, -0.1) is 0 Å². The number of aldehydes is 1. The minimum Gasteiger partial charge on any atom is -0.475 e. The summed E-state index contributed by atoms with van der Waals surface area (Å²) in [6.45, 7) is 13.8. The summed E-state index contributed by atoms with van der Waals surface area (Å²) in [5.74, 6) is 0.577. The number of hydrogen-bond donors (Lipinski definition) is 0. The van der Waals surface area contributed by atoms with Gasteiger partial charge < -0.3 is 19.0 Å². The van der Waals surface area contributed by atoms with Crippen LogP contribution in [0.3, 0.4) is 0 Å². The van der Waals surface area contributed by atoms with Crippen LogP contribution in [0.15, 0.2) is 0 Å². The molecule has 1 amide bonds. The Morgan fingerprint density at radius 1 is 1.28 bits per heavy atom. The molecule has 29 heavy (non-hydrogen) atoms. The molecule has 2 atom stereocenters. The molecule has 2 heterocycles. The molecule has 3 rings (SSSR count). The fourth-order valence-electron chi connectivity index (χ4n) is 4.12. The second kappa shape index (κ2) is 7.59. The summed E-state index contributed by atoms with van der Waals surface area (Å²) in [5, 5.41) is 0. The van der Waals surface area contributed by atoms with Gasteiger partial charge in [-0.25, -0.2) is 9.78 Å². The van der Waals surface area contributed by atoms with Gasteiger partial charge in [0.15, 0.2) is 0 Å². The van der Waals surface area contributed by atoms with Crippen molar-refractivity contribution in [2.75, 3.05) is 13.2 Å². The lowest BCUT2D eigenvalue weighted by Crippen LogP contribution is -2.51. The number of amides is 1. The number of hydrogen-bond acceptors (Lipinski definition) is 6. The Bertz CT molecular complexity index is 812. The van der Waals surface area contributed by atoms with Gasteiger partial charge in [-0.05, 0) is 72.4 Å². The maximum Gasteiger partial charge on any atom is 0.413 e. The van der Waals surface area contributed by atoms with Crippen molar-refractivity contribution in [1.82, 2.24) is 9.88 Å². The number of rotatable bonds is 4. The molecule has 160 valence electrons. The van der Waals surface area contributed by atoms with Crippen LogP contribution in [0.4, 0.5) is 4.79 Å². The highest BCUT2D eigenvalue weighted by Crippen LogP contribution is 2.35. The minimum absolute atomic E-state index is 0.0196. The topological polar surface area (TPSA) is 78.0 Å². The second-order valence-electron chi connectivity index (χ2n) is 9.46. The number of nitrogens with zero attached hydrogens (tertiary/aromatic N) is 2. The van der Waals surface area contributed by atoms with E-state index in [9.17, 15) is 9.59 Å². The van der Waals surface area contributed by atoms with Gasteiger partial charge in [0.1, 0.15) is 24.2 Å². The van der Waals surface area contributed by atoms with Crippen LogP contribution in [0.2, 0.25) is 0 Å². The molecule has 1 aromatic heterocycles. The highest BCUT2D eigenvalue weighted by Gasteiger charge is 2.46. The summed E-state index contributed by atoms with van der Waals surface area (Å²) in [5.41, 5.74) is 2.83.